The molecule has 0 aliphatic heterocycles. The van der Waals surface area contributed by atoms with Crippen LogP contribution in [0, 0.1) is 0 Å². The Morgan fingerprint density at radius 3 is 1.47 bits per heavy atom. The zero-order chi connectivity index (χ0) is 40.7. The summed E-state index contributed by atoms with van der Waals surface area (Å²) >= 11 is 0. The van der Waals surface area contributed by atoms with Crippen LogP contribution in [0.4, 0.5) is 0 Å². The Hall–Kier alpha value is -4.05. The van der Waals surface area contributed by atoms with Gasteiger partial charge in [-0.2, -0.15) is 0 Å². The van der Waals surface area contributed by atoms with Crippen molar-refractivity contribution in [3.8, 4) is 0 Å². The Bertz CT molecular complexity index is 1260. The van der Waals surface area contributed by atoms with Crippen LogP contribution in [0.2, 0.25) is 0 Å². The van der Waals surface area contributed by atoms with Crippen LogP contribution >= 0.6 is 0 Å². The van der Waals surface area contributed by atoms with Crippen molar-refractivity contribution < 1.29 is 42.9 Å². The second kappa shape index (κ2) is 36.9. The van der Waals surface area contributed by atoms with Crippen LogP contribution in [-0.2, 0) is 33.3 Å². The highest BCUT2D eigenvalue weighted by atomic mass is 16.7. The van der Waals surface area contributed by atoms with E-state index in [4.69, 9.17) is 18.9 Å². The van der Waals surface area contributed by atoms with Crippen LogP contribution in [0.25, 0.3) is 0 Å². The lowest BCUT2D eigenvalue weighted by atomic mass is 10.2. The Morgan fingerprint density at radius 2 is 1.02 bits per heavy atom. The molecule has 0 fully saturated rings. The number of esters is 2. The van der Waals surface area contributed by atoms with Crippen LogP contribution in [0.3, 0.4) is 0 Å². The third-order valence-corrected chi connectivity index (χ3v) is 7.55. The minimum absolute atomic E-state index is 0.000812. The number of carboxylic acid groups (broad SMARTS) is 1. The number of carboxylic acids is 1. The van der Waals surface area contributed by atoms with Crippen molar-refractivity contribution in [1.29, 1.82) is 0 Å². The van der Waals surface area contributed by atoms with E-state index in [-0.39, 0.29) is 32.7 Å². The monoisotopic (exact) mass is 766 g/mol. The number of ether oxygens (including phenoxy) is 4. The van der Waals surface area contributed by atoms with E-state index in [0.29, 0.717) is 23.9 Å². The van der Waals surface area contributed by atoms with Gasteiger partial charge in [-0.1, -0.05) is 123 Å². The van der Waals surface area contributed by atoms with E-state index in [2.05, 4.69) is 105 Å². The number of rotatable bonds is 34. The van der Waals surface area contributed by atoms with Crippen molar-refractivity contribution in [3.05, 3.63) is 109 Å². The van der Waals surface area contributed by atoms with Crippen LogP contribution < -0.4 is 5.11 Å². The minimum Gasteiger partial charge on any atom is -0.545 e. The molecule has 0 saturated carbocycles. The third kappa shape index (κ3) is 38.0. The number of carbonyl (C=O) groups is 3. The largest absolute Gasteiger partial charge is 0.545 e. The SMILES string of the molecule is CC/C=C\C/C=C\C/C=C\C/C=C\C/C=C\CC(=O)OC(COC(=O)CCCC/C=C\C/C=C\C/C=C\C/C=C\CC)COC(OCC[N+](C)(C)C)C(=O)[O-]. The van der Waals surface area contributed by atoms with E-state index in [0.717, 1.165) is 64.2 Å². The van der Waals surface area contributed by atoms with Gasteiger partial charge < -0.3 is 33.3 Å². The fraction of sp³-hybridized carbons (Fsp3) is 0.543. The molecule has 9 heteroatoms. The Kier molecular flexibility index (Phi) is 34.2. The summed E-state index contributed by atoms with van der Waals surface area (Å²) in [5.41, 5.74) is 0. The van der Waals surface area contributed by atoms with Gasteiger partial charge in [-0.3, -0.25) is 9.59 Å². The van der Waals surface area contributed by atoms with E-state index in [1.165, 1.54) is 0 Å². The van der Waals surface area contributed by atoms with Gasteiger partial charge >= 0.3 is 11.9 Å². The molecule has 0 rings (SSSR count). The normalized spacial score (nSPS) is 14.1. The molecule has 2 unspecified atom stereocenters. The number of allylic oxidation sites excluding steroid dienone is 17. The van der Waals surface area contributed by atoms with E-state index >= 15 is 0 Å². The lowest BCUT2D eigenvalue weighted by Crippen LogP contribution is -2.44. The summed E-state index contributed by atoms with van der Waals surface area (Å²) in [5.74, 6) is -2.53. The summed E-state index contributed by atoms with van der Waals surface area (Å²) in [4.78, 5) is 36.8. The molecule has 0 aromatic carbocycles. The number of aliphatic carboxylic acids is 1. The van der Waals surface area contributed by atoms with Gasteiger partial charge in [0.1, 0.15) is 13.2 Å². The van der Waals surface area contributed by atoms with Gasteiger partial charge in [0.2, 0.25) is 0 Å². The molecule has 2 atom stereocenters. The molecular formula is C46H71NO8. The zero-order valence-electron chi connectivity index (χ0n) is 34.5. The lowest BCUT2D eigenvalue weighted by Gasteiger charge is -2.26. The maximum Gasteiger partial charge on any atom is 0.310 e. The van der Waals surface area contributed by atoms with Crippen LogP contribution in [0.5, 0.6) is 0 Å². The fourth-order valence-corrected chi connectivity index (χ4v) is 4.48. The standard InChI is InChI=1S/C46H71NO8/c1-6-8-10-12-14-16-18-20-22-24-26-28-30-32-34-36-43(48)53-40-42(41-54-46(45(50)51)52-39-38-47(3,4)5)55-44(49)37-35-33-31-29-27-25-23-21-19-17-15-13-11-9-7-2/h8-11,14-17,20-23,26-29,33,35,42,46H,6-7,12-13,18-19,24-25,30-32,34,36-41H2,1-5H3/b10-8-,11-9-,16-14-,17-15-,22-20-,23-21-,28-26-,29-27-,35-33-. The molecule has 0 aromatic rings. The van der Waals surface area contributed by atoms with Gasteiger partial charge in [-0.05, 0) is 77.0 Å². The molecule has 0 aliphatic rings. The van der Waals surface area contributed by atoms with Gasteiger partial charge in [-0.15, -0.1) is 0 Å². The van der Waals surface area contributed by atoms with Crippen molar-refractivity contribution in [2.45, 2.75) is 116 Å². The molecule has 0 aliphatic carbocycles. The maximum absolute atomic E-state index is 12.6. The predicted molar refractivity (Wildman–Crippen MR) is 223 cm³/mol. The van der Waals surface area contributed by atoms with E-state index in [1.54, 1.807) is 6.08 Å². The third-order valence-electron chi connectivity index (χ3n) is 7.55. The van der Waals surface area contributed by atoms with E-state index in [1.807, 2.05) is 33.3 Å². The van der Waals surface area contributed by atoms with Crippen LogP contribution in [0.1, 0.15) is 104 Å². The maximum atomic E-state index is 12.6. The zero-order valence-corrected chi connectivity index (χ0v) is 34.5. The Balaban J connectivity index is 4.75. The number of carbonyl (C=O) groups excluding carboxylic acids is 3. The summed E-state index contributed by atoms with van der Waals surface area (Å²) in [7, 11) is 5.84. The summed E-state index contributed by atoms with van der Waals surface area (Å²) in [6, 6.07) is 0. The molecule has 0 N–H and O–H groups in total. The van der Waals surface area contributed by atoms with Crippen molar-refractivity contribution in [2.24, 2.45) is 0 Å². The van der Waals surface area contributed by atoms with Gasteiger partial charge in [0.15, 0.2) is 12.4 Å². The van der Waals surface area contributed by atoms with E-state index in [9.17, 15) is 19.5 Å². The highest BCUT2D eigenvalue weighted by molar-refractivity contribution is 5.71. The Morgan fingerprint density at radius 1 is 0.564 bits per heavy atom. The quantitative estimate of drug-likeness (QED) is 0.0210. The number of unbranched alkanes of at least 4 members (excludes halogenated alkanes) is 2. The summed E-state index contributed by atoms with van der Waals surface area (Å²) in [5, 5.41) is 11.6. The average molecular weight is 766 g/mol. The highest BCUT2D eigenvalue weighted by Crippen LogP contribution is 2.08. The van der Waals surface area contributed by atoms with Crippen LogP contribution in [-0.4, -0.2) is 82.3 Å². The topological polar surface area (TPSA) is 111 Å². The van der Waals surface area contributed by atoms with Crippen molar-refractivity contribution >= 4 is 17.9 Å². The van der Waals surface area contributed by atoms with Crippen molar-refractivity contribution in [3.63, 3.8) is 0 Å². The minimum atomic E-state index is -1.66. The van der Waals surface area contributed by atoms with Crippen molar-refractivity contribution in [1.82, 2.24) is 0 Å². The Labute approximate surface area is 333 Å². The van der Waals surface area contributed by atoms with Gasteiger partial charge in [-0.25, -0.2) is 0 Å². The number of hydrogen-bond donors (Lipinski definition) is 0. The number of likely N-dealkylation sites (N-methyl/N-ethyl adjacent to an activating group) is 1. The first-order valence-corrected chi connectivity index (χ1v) is 20.0. The highest BCUT2D eigenvalue weighted by Gasteiger charge is 2.21. The lowest BCUT2D eigenvalue weighted by molar-refractivity contribution is -0.870. The first kappa shape index (κ1) is 51.0. The van der Waals surface area contributed by atoms with Gasteiger partial charge in [0, 0.05) is 6.42 Å². The molecule has 0 bridgehead atoms. The number of hydrogen-bond acceptors (Lipinski definition) is 8. The molecule has 0 radical (unpaired) electrons. The van der Waals surface area contributed by atoms with Crippen molar-refractivity contribution in [2.75, 3.05) is 47.5 Å². The summed E-state index contributed by atoms with van der Waals surface area (Å²) in [6.07, 6.45) is 45.9. The first-order valence-electron chi connectivity index (χ1n) is 20.0. The predicted octanol–water partition coefficient (Wildman–Crippen LogP) is 8.76. The van der Waals surface area contributed by atoms with E-state index < -0.39 is 30.3 Å². The molecule has 0 amide bonds. The second-order valence-electron chi connectivity index (χ2n) is 13.8. The molecule has 55 heavy (non-hydrogen) atoms. The van der Waals surface area contributed by atoms with Gasteiger partial charge in [0.05, 0.1) is 46.7 Å². The molecule has 0 heterocycles. The number of quaternary nitrogens is 1. The first-order chi connectivity index (χ1) is 26.6. The summed E-state index contributed by atoms with van der Waals surface area (Å²) in [6.45, 7) is 4.29. The van der Waals surface area contributed by atoms with Gasteiger partial charge in [0.25, 0.3) is 0 Å². The number of nitrogens with zero attached hydrogens (tertiary/aromatic N) is 1. The summed E-state index contributed by atoms with van der Waals surface area (Å²) < 4.78 is 22.3. The average Bonchev–Trinajstić information content (AvgIpc) is 3.14. The molecule has 0 spiro atoms. The fourth-order valence-electron chi connectivity index (χ4n) is 4.48. The molecule has 0 saturated heterocycles. The molecular weight excluding hydrogens is 695 g/mol. The second-order valence-corrected chi connectivity index (χ2v) is 13.8. The molecule has 9 nitrogen and oxygen atoms in total. The molecule has 0 aromatic heterocycles. The smallest absolute Gasteiger partial charge is 0.310 e. The van der Waals surface area contributed by atoms with Crippen LogP contribution in [0.15, 0.2) is 109 Å². The molecule has 308 valence electrons.